The maximum Gasteiger partial charge on any atom is 0.150 e. The average Bonchev–Trinajstić information content (AvgIpc) is 1.84. The minimum absolute atomic E-state index is 0.249. The lowest BCUT2D eigenvalue weighted by Crippen LogP contribution is -2.15. The zero-order valence-corrected chi connectivity index (χ0v) is 10.1. The zero-order chi connectivity index (χ0) is 9.61. The molecule has 0 rings (SSSR count). The first kappa shape index (κ1) is 12.4. The number of halogens is 1. The van der Waals surface area contributed by atoms with Crippen LogP contribution in [0.25, 0.3) is 0 Å². The quantitative estimate of drug-likeness (QED) is 0.540. The number of rotatable bonds is 6. The summed E-state index contributed by atoms with van der Waals surface area (Å²) < 4.78 is 22.6. The molecule has 0 heterocycles. The summed E-state index contributed by atoms with van der Waals surface area (Å²) in [7, 11) is -2.77. The van der Waals surface area contributed by atoms with Gasteiger partial charge in [-0.25, -0.2) is 8.42 Å². The second kappa shape index (κ2) is 5.97. The van der Waals surface area contributed by atoms with Crippen molar-refractivity contribution in [3.63, 3.8) is 0 Å². The van der Waals surface area contributed by atoms with Gasteiger partial charge in [0.15, 0.2) is 9.84 Å². The Bertz CT molecular complexity index is 197. The van der Waals surface area contributed by atoms with Crippen LogP contribution in [0.15, 0.2) is 0 Å². The van der Waals surface area contributed by atoms with Crippen molar-refractivity contribution in [2.75, 3.05) is 16.8 Å². The lowest BCUT2D eigenvalue weighted by molar-refractivity contribution is 0.579. The highest BCUT2D eigenvalue weighted by Gasteiger charge is 2.11. The Hall–Kier alpha value is 0.430. The lowest BCUT2D eigenvalue weighted by Gasteiger charge is -2.05. The van der Waals surface area contributed by atoms with Crippen molar-refractivity contribution in [3.05, 3.63) is 0 Å². The molecule has 0 N–H and O–H groups in total. The van der Waals surface area contributed by atoms with E-state index in [2.05, 4.69) is 15.9 Å². The van der Waals surface area contributed by atoms with Crippen LogP contribution in [0.5, 0.6) is 0 Å². The van der Waals surface area contributed by atoms with Crippen molar-refractivity contribution in [2.24, 2.45) is 5.92 Å². The second-order valence-corrected chi connectivity index (χ2v) is 6.43. The number of hydrogen-bond acceptors (Lipinski definition) is 2. The fraction of sp³-hybridized carbons (Fsp3) is 1.00. The van der Waals surface area contributed by atoms with Gasteiger partial charge in [0, 0.05) is 5.33 Å². The van der Waals surface area contributed by atoms with E-state index < -0.39 is 9.84 Å². The Morgan fingerprint density at radius 2 is 1.83 bits per heavy atom. The molecule has 12 heavy (non-hydrogen) atoms. The first-order chi connectivity index (χ1) is 5.48. The van der Waals surface area contributed by atoms with Crippen molar-refractivity contribution < 1.29 is 8.42 Å². The molecular formula is C8H17BrO2S. The van der Waals surface area contributed by atoms with Crippen LogP contribution in [0.3, 0.4) is 0 Å². The van der Waals surface area contributed by atoms with Crippen LogP contribution in [0.2, 0.25) is 0 Å². The first-order valence-corrected chi connectivity index (χ1v) is 7.18. The third kappa shape index (κ3) is 7.10. The van der Waals surface area contributed by atoms with Gasteiger partial charge in [-0.3, -0.25) is 0 Å². The van der Waals surface area contributed by atoms with Gasteiger partial charge < -0.3 is 0 Å². The molecule has 74 valence electrons. The molecule has 0 spiro atoms. The fourth-order valence-electron chi connectivity index (χ4n) is 1.01. The standard InChI is InChI=1S/C8H17BrO2S/c1-8(2)7-12(10,11)6-4-3-5-9/h8H,3-7H2,1-2H3. The minimum atomic E-state index is -2.77. The number of sulfone groups is 1. The molecule has 0 saturated carbocycles. The summed E-state index contributed by atoms with van der Waals surface area (Å²) in [5.74, 6) is 0.922. The molecule has 2 nitrogen and oxygen atoms in total. The molecule has 0 amide bonds. The third-order valence-corrected chi connectivity index (χ3v) is 4.07. The van der Waals surface area contributed by atoms with Gasteiger partial charge in [0.1, 0.15) is 0 Å². The van der Waals surface area contributed by atoms with Gasteiger partial charge in [-0.1, -0.05) is 29.8 Å². The van der Waals surface area contributed by atoms with Crippen molar-refractivity contribution in [1.29, 1.82) is 0 Å². The predicted molar refractivity (Wildman–Crippen MR) is 56.5 cm³/mol. The molecule has 0 atom stereocenters. The molecule has 0 fully saturated rings. The van der Waals surface area contributed by atoms with Gasteiger partial charge >= 0.3 is 0 Å². The molecule has 0 aliphatic rings. The highest BCUT2D eigenvalue weighted by molar-refractivity contribution is 9.09. The van der Waals surface area contributed by atoms with E-state index in [1.807, 2.05) is 13.8 Å². The molecule has 0 aliphatic heterocycles. The molecule has 0 saturated heterocycles. The summed E-state index contributed by atoms with van der Waals surface area (Å²) in [5, 5.41) is 0.893. The molecule has 0 aromatic carbocycles. The smallest absolute Gasteiger partial charge is 0.150 e. The largest absolute Gasteiger partial charge is 0.229 e. The Kier molecular flexibility index (Phi) is 6.19. The summed E-state index contributed by atoms with van der Waals surface area (Å²) in [6.07, 6.45) is 1.72. The van der Waals surface area contributed by atoms with E-state index in [1.54, 1.807) is 0 Å². The van der Waals surface area contributed by atoms with Crippen LogP contribution < -0.4 is 0 Å². The number of alkyl halides is 1. The van der Waals surface area contributed by atoms with Gasteiger partial charge in [0.25, 0.3) is 0 Å². The molecule has 0 aromatic rings. The molecular weight excluding hydrogens is 240 g/mol. The Morgan fingerprint density at radius 1 is 1.25 bits per heavy atom. The first-order valence-electron chi connectivity index (χ1n) is 4.24. The maximum absolute atomic E-state index is 11.3. The van der Waals surface area contributed by atoms with Crippen molar-refractivity contribution in [3.8, 4) is 0 Å². The molecule has 0 bridgehead atoms. The van der Waals surface area contributed by atoms with Crippen LogP contribution in [0.4, 0.5) is 0 Å². The topological polar surface area (TPSA) is 34.1 Å². The molecule has 0 unspecified atom stereocenters. The number of unbranched alkanes of at least 4 members (excludes halogenated alkanes) is 1. The van der Waals surface area contributed by atoms with Crippen molar-refractivity contribution >= 4 is 25.8 Å². The summed E-state index contributed by atoms with van der Waals surface area (Å²) in [5.41, 5.74) is 0. The van der Waals surface area contributed by atoms with Crippen LogP contribution in [0, 0.1) is 5.92 Å². The Morgan fingerprint density at radius 3 is 2.25 bits per heavy atom. The summed E-state index contributed by atoms with van der Waals surface area (Å²) >= 11 is 3.27. The van der Waals surface area contributed by atoms with E-state index in [-0.39, 0.29) is 5.92 Å². The second-order valence-electron chi connectivity index (χ2n) is 3.40. The van der Waals surface area contributed by atoms with E-state index in [0.29, 0.717) is 11.5 Å². The average molecular weight is 257 g/mol. The SMILES string of the molecule is CC(C)CS(=O)(=O)CCCCBr. The van der Waals surface area contributed by atoms with E-state index in [1.165, 1.54) is 0 Å². The van der Waals surface area contributed by atoms with Gasteiger partial charge in [-0.2, -0.15) is 0 Å². The molecule has 0 radical (unpaired) electrons. The van der Waals surface area contributed by atoms with E-state index in [4.69, 9.17) is 0 Å². The van der Waals surface area contributed by atoms with E-state index >= 15 is 0 Å². The van der Waals surface area contributed by atoms with E-state index in [0.717, 1.165) is 18.2 Å². The fourth-order valence-corrected chi connectivity index (χ4v) is 3.23. The van der Waals surface area contributed by atoms with Gasteiger partial charge in [0.2, 0.25) is 0 Å². The molecule has 4 heteroatoms. The van der Waals surface area contributed by atoms with E-state index in [9.17, 15) is 8.42 Å². The summed E-state index contributed by atoms with van der Waals surface area (Å²) in [6, 6.07) is 0. The Labute approximate surface area is 83.8 Å². The molecule has 0 aliphatic carbocycles. The van der Waals surface area contributed by atoms with Crippen LogP contribution in [-0.2, 0) is 9.84 Å². The van der Waals surface area contributed by atoms with Gasteiger partial charge in [-0.15, -0.1) is 0 Å². The lowest BCUT2D eigenvalue weighted by atomic mass is 10.3. The van der Waals surface area contributed by atoms with Gasteiger partial charge in [0.05, 0.1) is 11.5 Å². The minimum Gasteiger partial charge on any atom is -0.229 e. The maximum atomic E-state index is 11.3. The normalized spacial score (nSPS) is 12.3. The van der Waals surface area contributed by atoms with Crippen LogP contribution in [-0.4, -0.2) is 25.3 Å². The molecule has 0 aromatic heterocycles. The summed E-state index contributed by atoms with van der Waals surface area (Å²) in [4.78, 5) is 0. The monoisotopic (exact) mass is 256 g/mol. The van der Waals surface area contributed by atoms with Crippen LogP contribution in [0.1, 0.15) is 26.7 Å². The van der Waals surface area contributed by atoms with Gasteiger partial charge in [-0.05, 0) is 18.8 Å². The summed E-state index contributed by atoms with van der Waals surface area (Å²) in [6.45, 7) is 3.87. The highest BCUT2D eigenvalue weighted by atomic mass is 79.9. The van der Waals surface area contributed by atoms with Crippen molar-refractivity contribution in [2.45, 2.75) is 26.7 Å². The number of hydrogen-bond donors (Lipinski definition) is 0. The highest BCUT2D eigenvalue weighted by Crippen LogP contribution is 2.04. The third-order valence-electron chi connectivity index (χ3n) is 1.43. The Balaban J connectivity index is 3.73. The van der Waals surface area contributed by atoms with Crippen LogP contribution >= 0.6 is 15.9 Å². The zero-order valence-electron chi connectivity index (χ0n) is 7.72. The predicted octanol–water partition coefficient (Wildman–Crippen LogP) is 2.23. The van der Waals surface area contributed by atoms with Crippen molar-refractivity contribution in [1.82, 2.24) is 0 Å².